The Labute approximate surface area is 179 Å². The summed E-state index contributed by atoms with van der Waals surface area (Å²) in [6, 6.07) is 0. The minimum Gasteiger partial charge on any atom is -0.447 e. The normalized spacial score (nSPS) is 11.0. The Morgan fingerprint density at radius 2 is 1.17 bits per heavy atom. The van der Waals surface area contributed by atoms with Gasteiger partial charge in [0.1, 0.15) is 6.61 Å². The fourth-order valence-corrected chi connectivity index (χ4v) is 2.26. The maximum absolute atomic E-state index is 11.5. The number of unbranched alkanes of at least 4 members (excludes halogenated alkanes) is 3. The van der Waals surface area contributed by atoms with Crippen molar-refractivity contribution in [2.45, 2.75) is 25.7 Å². The van der Waals surface area contributed by atoms with Gasteiger partial charge in [0.05, 0.1) is 59.5 Å². The molecule has 0 atom stereocenters. The molecule has 0 aromatic rings. The molecule has 0 saturated heterocycles. The molecule has 0 aromatic heterocycles. The van der Waals surface area contributed by atoms with Crippen LogP contribution >= 0.6 is 11.6 Å². The van der Waals surface area contributed by atoms with Crippen LogP contribution in [0.3, 0.4) is 0 Å². The van der Waals surface area contributed by atoms with E-state index in [2.05, 4.69) is 5.32 Å². The second-order valence-corrected chi connectivity index (χ2v) is 6.39. The van der Waals surface area contributed by atoms with Crippen molar-refractivity contribution < 1.29 is 33.2 Å². The number of nitrogens with one attached hydrogen (secondary N) is 1. The predicted octanol–water partition coefficient (Wildman–Crippen LogP) is 1.55. The minimum absolute atomic E-state index is 0.186. The number of hydrogen-bond acceptors (Lipinski definition) is 8. The van der Waals surface area contributed by atoms with Crippen LogP contribution in [0.25, 0.3) is 0 Å². The molecule has 174 valence electrons. The Morgan fingerprint density at radius 1 is 0.655 bits per heavy atom. The van der Waals surface area contributed by atoms with Crippen LogP contribution in [-0.2, 0) is 28.4 Å². The Kier molecular flexibility index (Phi) is 24.8. The van der Waals surface area contributed by atoms with Gasteiger partial charge in [-0.15, -0.1) is 11.6 Å². The van der Waals surface area contributed by atoms with Gasteiger partial charge in [-0.3, -0.25) is 0 Å². The Balaban J connectivity index is 3.13. The lowest BCUT2D eigenvalue weighted by Gasteiger charge is -2.09. The first-order valence-corrected chi connectivity index (χ1v) is 10.9. The van der Waals surface area contributed by atoms with Gasteiger partial charge in [0.25, 0.3) is 0 Å². The van der Waals surface area contributed by atoms with Gasteiger partial charge >= 0.3 is 6.09 Å². The van der Waals surface area contributed by atoms with E-state index in [9.17, 15) is 4.79 Å². The van der Waals surface area contributed by atoms with E-state index in [1.165, 1.54) is 0 Å². The summed E-state index contributed by atoms with van der Waals surface area (Å²) in [4.78, 5) is 11.5. The molecule has 0 fully saturated rings. The number of carbonyl (C=O) groups is 1. The highest BCUT2D eigenvalue weighted by atomic mass is 35.5. The Morgan fingerprint density at radius 3 is 1.79 bits per heavy atom. The quantitative estimate of drug-likeness (QED) is 0.181. The van der Waals surface area contributed by atoms with Crippen molar-refractivity contribution in [2.24, 2.45) is 5.73 Å². The standard InChI is InChI=1S/C19H39ClN2O7/c20-5-3-1-2-4-8-24-11-13-26-10-7-22-19(23)29-18-17-28-16-15-27-14-12-25-9-6-21/h1-18,21H2,(H,22,23). The molecule has 0 aliphatic rings. The third-order valence-electron chi connectivity index (χ3n) is 3.53. The van der Waals surface area contributed by atoms with E-state index in [4.69, 9.17) is 45.8 Å². The van der Waals surface area contributed by atoms with Crippen LogP contribution in [0.5, 0.6) is 0 Å². The summed E-state index contributed by atoms with van der Waals surface area (Å²) in [5.41, 5.74) is 5.29. The van der Waals surface area contributed by atoms with Crippen LogP contribution in [0, 0.1) is 0 Å². The molecular weight excluding hydrogens is 404 g/mol. The van der Waals surface area contributed by atoms with E-state index in [1.807, 2.05) is 0 Å². The van der Waals surface area contributed by atoms with Gasteiger partial charge in [-0.1, -0.05) is 12.8 Å². The third-order valence-corrected chi connectivity index (χ3v) is 3.79. The lowest BCUT2D eigenvalue weighted by Crippen LogP contribution is -2.29. The minimum atomic E-state index is -0.487. The fraction of sp³-hybridized carbons (Fsp3) is 0.947. The molecule has 29 heavy (non-hydrogen) atoms. The number of hydrogen-bond donors (Lipinski definition) is 2. The molecule has 1 amide bonds. The van der Waals surface area contributed by atoms with Gasteiger partial charge in [0.15, 0.2) is 0 Å². The summed E-state index contributed by atoms with van der Waals surface area (Å²) in [6.45, 7) is 6.09. The molecule has 0 aliphatic carbocycles. The molecule has 0 heterocycles. The van der Waals surface area contributed by atoms with Gasteiger partial charge in [0, 0.05) is 25.6 Å². The first-order valence-electron chi connectivity index (χ1n) is 10.4. The number of ether oxygens (including phenoxy) is 6. The summed E-state index contributed by atoms with van der Waals surface area (Å²) in [5, 5.41) is 2.61. The molecule has 0 bridgehead atoms. The molecule has 0 spiro atoms. The number of rotatable bonds is 23. The zero-order valence-corrected chi connectivity index (χ0v) is 18.3. The zero-order valence-electron chi connectivity index (χ0n) is 17.5. The highest BCUT2D eigenvalue weighted by Gasteiger charge is 2.01. The van der Waals surface area contributed by atoms with Gasteiger partial charge in [-0.25, -0.2) is 4.79 Å². The fourth-order valence-electron chi connectivity index (χ4n) is 2.07. The van der Waals surface area contributed by atoms with Crippen LogP contribution in [-0.4, -0.2) is 97.7 Å². The number of carbonyl (C=O) groups excluding carboxylic acids is 1. The molecule has 0 aliphatic heterocycles. The van der Waals surface area contributed by atoms with E-state index in [1.54, 1.807) is 0 Å². The first kappa shape index (κ1) is 28.3. The van der Waals surface area contributed by atoms with Gasteiger partial charge in [0.2, 0.25) is 0 Å². The molecule has 0 aromatic carbocycles. The van der Waals surface area contributed by atoms with E-state index in [-0.39, 0.29) is 6.61 Å². The van der Waals surface area contributed by atoms with Crippen molar-refractivity contribution in [3.8, 4) is 0 Å². The lowest BCUT2D eigenvalue weighted by molar-refractivity contribution is 0.00652. The molecular formula is C19H39ClN2O7. The highest BCUT2D eigenvalue weighted by molar-refractivity contribution is 6.17. The van der Waals surface area contributed by atoms with E-state index in [0.717, 1.165) is 38.2 Å². The van der Waals surface area contributed by atoms with Crippen LogP contribution in [0.2, 0.25) is 0 Å². The van der Waals surface area contributed by atoms with Crippen LogP contribution in [0.4, 0.5) is 4.79 Å². The Bertz CT molecular complexity index is 342. The van der Waals surface area contributed by atoms with Crippen molar-refractivity contribution in [2.75, 3.05) is 91.6 Å². The van der Waals surface area contributed by atoms with Crippen LogP contribution in [0.1, 0.15) is 25.7 Å². The smallest absolute Gasteiger partial charge is 0.407 e. The molecule has 9 nitrogen and oxygen atoms in total. The van der Waals surface area contributed by atoms with Crippen LogP contribution < -0.4 is 11.1 Å². The van der Waals surface area contributed by atoms with Crippen molar-refractivity contribution in [1.29, 1.82) is 0 Å². The number of amides is 1. The van der Waals surface area contributed by atoms with E-state index >= 15 is 0 Å². The number of alkyl carbamates (subject to hydrolysis) is 1. The average molecular weight is 443 g/mol. The summed E-state index contributed by atoms with van der Waals surface area (Å²) >= 11 is 5.61. The number of halogens is 1. The van der Waals surface area contributed by atoms with Gasteiger partial charge in [-0.05, 0) is 12.8 Å². The SMILES string of the molecule is NCCOCCOCCOCCOC(=O)NCCOCCOCCCCCCCl. The second kappa shape index (κ2) is 25.4. The molecule has 0 saturated carbocycles. The lowest BCUT2D eigenvalue weighted by atomic mass is 10.2. The summed E-state index contributed by atoms with van der Waals surface area (Å²) in [6.07, 6.45) is 3.92. The van der Waals surface area contributed by atoms with E-state index < -0.39 is 6.09 Å². The third kappa shape index (κ3) is 25.3. The van der Waals surface area contributed by atoms with Crippen molar-refractivity contribution in [1.82, 2.24) is 5.32 Å². The molecule has 0 rings (SSSR count). The zero-order chi connectivity index (χ0) is 21.3. The molecule has 0 radical (unpaired) electrons. The monoisotopic (exact) mass is 442 g/mol. The summed E-state index contributed by atoms with van der Waals surface area (Å²) in [7, 11) is 0. The van der Waals surface area contributed by atoms with Gasteiger partial charge in [-0.2, -0.15) is 0 Å². The predicted molar refractivity (Wildman–Crippen MR) is 112 cm³/mol. The molecule has 3 N–H and O–H groups in total. The summed E-state index contributed by atoms with van der Waals surface area (Å²) < 4.78 is 31.6. The largest absolute Gasteiger partial charge is 0.447 e. The maximum atomic E-state index is 11.5. The average Bonchev–Trinajstić information content (AvgIpc) is 2.72. The van der Waals surface area contributed by atoms with Crippen molar-refractivity contribution >= 4 is 17.7 Å². The van der Waals surface area contributed by atoms with Crippen LogP contribution in [0.15, 0.2) is 0 Å². The highest BCUT2D eigenvalue weighted by Crippen LogP contribution is 2.01. The number of nitrogens with two attached hydrogens (primary N) is 1. The van der Waals surface area contributed by atoms with Gasteiger partial charge < -0.3 is 39.5 Å². The maximum Gasteiger partial charge on any atom is 0.407 e. The van der Waals surface area contributed by atoms with E-state index in [0.29, 0.717) is 72.6 Å². The first-order chi connectivity index (χ1) is 14.3. The molecule has 10 heteroatoms. The summed E-state index contributed by atoms with van der Waals surface area (Å²) in [5.74, 6) is 0.729. The number of alkyl halides is 1. The Hall–Kier alpha value is -0.680. The topological polar surface area (TPSA) is 111 Å². The van der Waals surface area contributed by atoms with Crippen molar-refractivity contribution in [3.05, 3.63) is 0 Å². The second-order valence-electron chi connectivity index (χ2n) is 6.02. The molecule has 0 unspecified atom stereocenters. The van der Waals surface area contributed by atoms with Crippen molar-refractivity contribution in [3.63, 3.8) is 0 Å².